The molecule has 0 saturated heterocycles. The van der Waals surface area contributed by atoms with Crippen molar-refractivity contribution >= 4 is 23.4 Å². The summed E-state index contributed by atoms with van der Waals surface area (Å²) in [6, 6.07) is 6.72. The summed E-state index contributed by atoms with van der Waals surface area (Å²) in [4.78, 5) is 2.37. The number of hydrogen-bond donors (Lipinski definition) is 1. The van der Waals surface area contributed by atoms with Crippen LogP contribution >= 0.6 is 23.4 Å². The highest BCUT2D eigenvalue weighted by Crippen LogP contribution is 2.21. The van der Waals surface area contributed by atoms with Crippen LogP contribution in [0.3, 0.4) is 0 Å². The number of hydrogen-bond acceptors (Lipinski definition) is 3. The molecule has 0 radical (unpaired) electrons. The minimum absolute atomic E-state index is 0.542. The Kier molecular flexibility index (Phi) is 7.08. The van der Waals surface area contributed by atoms with E-state index in [1.807, 2.05) is 17.8 Å². The van der Waals surface area contributed by atoms with Gasteiger partial charge in [0.15, 0.2) is 0 Å². The van der Waals surface area contributed by atoms with Crippen LogP contribution < -0.4 is 5.73 Å². The van der Waals surface area contributed by atoms with Crippen LogP contribution in [-0.4, -0.2) is 30.0 Å². The monoisotopic (exact) mass is 286 g/mol. The molecule has 2 N–H and O–H groups in total. The fourth-order valence-corrected chi connectivity index (χ4v) is 3.13. The first-order valence-corrected chi connectivity index (χ1v) is 8.06. The molecule has 0 aliphatic heterocycles. The fourth-order valence-electron chi connectivity index (χ4n) is 1.99. The molecule has 0 saturated carbocycles. The normalized spacial score (nSPS) is 13.0. The topological polar surface area (TPSA) is 29.3 Å². The first kappa shape index (κ1) is 15.8. The summed E-state index contributed by atoms with van der Waals surface area (Å²) in [5.74, 6) is 1.16. The Hall–Kier alpha value is -0.220. The molecule has 1 rings (SSSR count). The van der Waals surface area contributed by atoms with Crippen molar-refractivity contribution < 1.29 is 0 Å². The van der Waals surface area contributed by atoms with E-state index in [4.69, 9.17) is 17.3 Å². The quantitative estimate of drug-likeness (QED) is 0.833. The summed E-state index contributed by atoms with van der Waals surface area (Å²) in [7, 11) is 2.16. The number of benzene rings is 1. The third kappa shape index (κ3) is 4.47. The molecule has 1 aromatic carbocycles. The molecule has 1 aromatic rings. The number of nitrogens with two attached hydrogens (primary N) is 1. The maximum Gasteiger partial charge on any atom is 0.0454 e. The van der Waals surface area contributed by atoms with Crippen LogP contribution in [0.25, 0.3) is 0 Å². The summed E-state index contributed by atoms with van der Waals surface area (Å²) in [6.07, 6.45) is 3.31. The lowest BCUT2D eigenvalue weighted by Crippen LogP contribution is -2.32. The summed E-state index contributed by atoms with van der Waals surface area (Å²) in [5, 5.41) is 0.823. The van der Waals surface area contributed by atoms with Gasteiger partial charge in [0.05, 0.1) is 0 Å². The van der Waals surface area contributed by atoms with Gasteiger partial charge in [-0.3, -0.25) is 4.90 Å². The number of rotatable bonds is 7. The van der Waals surface area contributed by atoms with Gasteiger partial charge in [-0.2, -0.15) is 11.8 Å². The second-order valence-corrected chi connectivity index (χ2v) is 5.88. The summed E-state index contributed by atoms with van der Waals surface area (Å²) in [5.41, 5.74) is 7.87. The van der Waals surface area contributed by atoms with Crippen LogP contribution in [-0.2, 0) is 13.1 Å². The summed E-state index contributed by atoms with van der Waals surface area (Å²) in [6.45, 7) is 3.67. The average Bonchev–Trinajstić information content (AvgIpc) is 2.38. The molecule has 0 amide bonds. The van der Waals surface area contributed by atoms with E-state index in [0.29, 0.717) is 12.6 Å². The smallest absolute Gasteiger partial charge is 0.0454 e. The molecule has 0 aliphatic rings. The Morgan fingerprint density at radius 1 is 1.44 bits per heavy atom. The number of nitrogens with zero attached hydrogens (tertiary/aromatic N) is 1. The van der Waals surface area contributed by atoms with Crippen LogP contribution in [0.2, 0.25) is 5.02 Å². The van der Waals surface area contributed by atoms with Gasteiger partial charge in [0.1, 0.15) is 0 Å². The zero-order valence-corrected chi connectivity index (χ0v) is 13.0. The van der Waals surface area contributed by atoms with Gasteiger partial charge >= 0.3 is 0 Å². The molecule has 1 atom stereocenters. The van der Waals surface area contributed by atoms with Gasteiger partial charge in [-0.15, -0.1) is 0 Å². The molecule has 0 heterocycles. The number of thioether (sulfide) groups is 1. The Labute approximate surface area is 120 Å². The van der Waals surface area contributed by atoms with E-state index in [1.165, 1.54) is 5.56 Å². The van der Waals surface area contributed by atoms with E-state index in [9.17, 15) is 0 Å². The molecular weight excluding hydrogens is 264 g/mol. The van der Waals surface area contributed by atoms with Crippen molar-refractivity contribution in [2.75, 3.05) is 19.1 Å². The highest BCUT2D eigenvalue weighted by atomic mass is 35.5. The Balaban J connectivity index is 2.71. The molecule has 18 heavy (non-hydrogen) atoms. The second kappa shape index (κ2) is 8.05. The fraction of sp³-hybridized carbons (Fsp3) is 0.571. The van der Waals surface area contributed by atoms with Crippen molar-refractivity contribution in [3.63, 3.8) is 0 Å². The van der Waals surface area contributed by atoms with E-state index in [2.05, 4.69) is 37.3 Å². The lowest BCUT2D eigenvalue weighted by atomic mass is 10.1. The van der Waals surface area contributed by atoms with E-state index >= 15 is 0 Å². The summed E-state index contributed by atoms with van der Waals surface area (Å²) >= 11 is 8.18. The SMILES string of the molecule is CCC(CSC)N(C)Cc1ccc(CN)cc1Cl. The number of halogens is 1. The Morgan fingerprint density at radius 3 is 2.67 bits per heavy atom. The first-order valence-electron chi connectivity index (χ1n) is 6.28. The Bertz CT molecular complexity index is 371. The van der Waals surface area contributed by atoms with Crippen LogP contribution in [0.1, 0.15) is 24.5 Å². The highest BCUT2D eigenvalue weighted by molar-refractivity contribution is 7.98. The largest absolute Gasteiger partial charge is 0.326 e. The molecule has 0 bridgehead atoms. The van der Waals surface area contributed by atoms with Gasteiger partial charge in [-0.05, 0) is 36.9 Å². The van der Waals surface area contributed by atoms with Gasteiger partial charge in [0, 0.05) is 29.9 Å². The third-order valence-corrected chi connectivity index (χ3v) is 4.30. The average molecular weight is 287 g/mol. The lowest BCUT2D eigenvalue weighted by Gasteiger charge is -2.27. The van der Waals surface area contributed by atoms with Crippen LogP contribution in [0.15, 0.2) is 18.2 Å². The van der Waals surface area contributed by atoms with Gasteiger partial charge < -0.3 is 5.73 Å². The van der Waals surface area contributed by atoms with Gasteiger partial charge in [0.25, 0.3) is 0 Å². The zero-order valence-electron chi connectivity index (χ0n) is 11.4. The van der Waals surface area contributed by atoms with E-state index < -0.39 is 0 Å². The molecule has 0 spiro atoms. The minimum atomic E-state index is 0.542. The van der Waals surface area contributed by atoms with Crippen LogP contribution in [0, 0.1) is 0 Å². The van der Waals surface area contributed by atoms with Crippen LogP contribution in [0.4, 0.5) is 0 Å². The van der Waals surface area contributed by atoms with Crippen molar-refractivity contribution in [3.05, 3.63) is 34.3 Å². The van der Waals surface area contributed by atoms with Crippen LogP contribution in [0.5, 0.6) is 0 Å². The van der Waals surface area contributed by atoms with Crippen molar-refractivity contribution in [1.82, 2.24) is 4.90 Å². The molecule has 4 heteroatoms. The minimum Gasteiger partial charge on any atom is -0.326 e. The van der Waals surface area contributed by atoms with Crippen molar-refractivity contribution in [3.8, 4) is 0 Å². The van der Waals surface area contributed by atoms with Gasteiger partial charge in [-0.1, -0.05) is 30.7 Å². The molecule has 102 valence electrons. The van der Waals surface area contributed by atoms with Crippen molar-refractivity contribution in [2.24, 2.45) is 5.73 Å². The lowest BCUT2D eigenvalue weighted by molar-refractivity contribution is 0.248. The van der Waals surface area contributed by atoms with Crippen molar-refractivity contribution in [1.29, 1.82) is 0 Å². The standard InChI is InChI=1S/C14H23ClN2S/c1-4-13(10-18-3)17(2)9-12-6-5-11(8-16)7-14(12)15/h5-7,13H,4,8-10,16H2,1-3H3. The Morgan fingerprint density at radius 2 is 2.17 bits per heavy atom. The predicted octanol–water partition coefficient (Wildman–Crippen LogP) is 3.37. The molecule has 0 aliphatic carbocycles. The molecule has 1 unspecified atom stereocenters. The van der Waals surface area contributed by atoms with E-state index in [1.54, 1.807) is 0 Å². The van der Waals surface area contributed by atoms with E-state index in [-0.39, 0.29) is 0 Å². The second-order valence-electron chi connectivity index (χ2n) is 4.56. The first-order chi connectivity index (χ1) is 8.62. The van der Waals surface area contributed by atoms with E-state index in [0.717, 1.165) is 29.3 Å². The maximum absolute atomic E-state index is 6.29. The molecule has 0 aromatic heterocycles. The van der Waals surface area contributed by atoms with Crippen molar-refractivity contribution in [2.45, 2.75) is 32.5 Å². The molecular formula is C14H23ClN2S. The molecule has 0 fully saturated rings. The van der Waals surface area contributed by atoms with Gasteiger partial charge in [-0.25, -0.2) is 0 Å². The summed E-state index contributed by atoms with van der Waals surface area (Å²) < 4.78 is 0. The molecule has 2 nitrogen and oxygen atoms in total. The highest BCUT2D eigenvalue weighted by Gasteiger charge is 2.13. The van der Waals surface area contributed by atoms with Gasteiger partial charge in [0.2, 0.25) is 0 Å². The maximum atomic E-state index is 6.29. The zero-order chi connectivity index (χ0) is 13.5. The predicted molar refractivity (Wildman–Crippen MR) is 83.3 cm³/mol. The third-order valence-electron chi connectivity index (χ3n) is 3.23.